The summed E-state index contributed by atoms with van der Waals surface area (Å²) in [5.41, 5.74) is 0.929. The molecule has 5 atom stereocenters. The lowest BCUT2D eigenvalue weighted by molar-refractivity contribution is -0.146. The Kier molecular flexibility index (Phi) is 4.57. The number of aliphatic carboxylic acids is 1. The van der Waals surface area contributed by atoms with Crippen LogP contribution in [0.25, 0.3) is 0 Å². The minimum atomic E-state index is -0.999. The molecule has 3 rings (SSSR count). The van der Waals surface area contributed by atoms with E-state index >= 15 is 0 Å². The molecule has 1 fully saturated rings. The predicted octanol–water partition coefficient (Wildman–Crippen LogP) is 1.92. The highest BCUT2D eigenvalue weighted by Crippen LogP contribution is 2.39. The molecule has 2 aliphatic heterocycles. The van der Waals surface area contributed by atoms with E-state index in [-0.39, 0.29) is 11.9 Å². The summed E-state index contributed by atoms with van der Waals surface area (Å²) in [5.74, 6) is -2.03. The lowest BCUT2D eigenvalue weighted by Gasteiger charge is -2.23. The average molecular weight is 331 g/mol. The Hall–Kier alpha value is -2.34. The summed E-state index contributed by atoms with van der Waals surface area (Å²) in [4.78, 5) is 24.0. The van der Waals surface area contributed by atoms with Crippen molar-refractivity contribution in [3.05, 3.63) is 42.0 Å². The number of amides is 1. The Morgan fingerprint density at radius 2 is 1.83 bits per heavy atom. The molecule has 0 aromatic heterocycles. The van der Waals surface area contributed by atoms with Gasteiger partial charge in [0.25, 0.3) is 0 Å². The van der Waals surface area contributed by atoms with E-state index in [1.165, 1.54) is 0 Å². The van der Waals surface area contributed by atoms with Crippen molar-refractivity contribution < 1.29 is 24.2 Å². The largest absolute Gasteiger partial charge is 0.494 e. The molecule has 1 saturated heterocycles. The molecule has 1 aromatic carbocycles. The normalized spacial score (nSPS) is 28.6. The van der Waals surface area contributed by atoms with Crippen molar-refractivity contribution in [3.8, 4) is 5.75 Å². The lowest BCUT2D eigenvalue weighted by Crippen LogP contribution is -2.43. The quantitative estimate of drug-likeness (QED) is 0.778. The van der Waals surface area contributed by atoms with Crippen molar-refractivity contribution in [2.75, 3.05) is 6.61 Å². The van der Waals surface area contributed by atoms with E-state index in [0.29, 0.717) is 6.61 Å². The number of hydrogen-bond donors (Lipinski definition) is 2. The summed E-state index contributed by atoms with van der Waals surface area (Å²) in [7, 11) is 0. The van der Waals surface area contributed by atoms with Gasteiger partial charge in [0.1, 0.15) is 11.7 Å². The molecule has 24 heavy (non-hydrogen) atoms. The van der Waals surface area contributed by atoms with Gasteiger partial charge in [0.15, 0.2) is 0 Å². The van der Waals surface area contributed by atoms with E-state index in [2.05, 4.69) is 5.32 Å². The number of rotatable bonds is 6. The van der Waals surface area contributed by atoms with Gasteiger partial charge in [-0.2, -0.15) is 0 Å². The van der Waals surface area contributed by atoms with Crippen LogP contribution in [0.1, 0.15) is 25.5 Å². The third-order valence-electron chi connectivity index (χ3n) is 4.54. The molecular weight excluding hydrogens is 310 g/mol. The number of fused-ring (bicyclic) bond motifs is 2. The van der Waals surface area contributed by atoms with Gasteiger partial charge in [0.05, 0.1) is 30.8 Å². The molecule has 0 radical (unpaired) electrons. The molecule has 5 unspecified atom stereocenters. The van der Waals surface area contributed by atoms with Crippen molar-refractivity contribution >= 4 is 11.9 Å². The molecule has 2 aliphatic rings. The van der Waals surface area contributed by atoms with Crippen molar-refractivity contribution in [1.82, 2.24) is 5.32 Å². The second kappa shape index (κ2) is 6.65. The van der Waals surface area contributed by atoms with Crippen LogP contribution in [0.15, 0.2) is 36.4 Å². The maximum Gasteiger partial charge on any atom is 0.310 e. The van der Waals surface area contributed by atoms with E-state index < -0.39 is 30.0 Å². The molecule has 1 aromatic rings. The number of nitrogens with one attached hydrogen (secondary N) is 1. The van der Waals surface area contributed by atoms with Crippen molar-refractivity contribution in [2.24, 2.45) is 11.8 Å². The van der Waals surface area contributed by atoms with Gasteiger partial charge in [-0.3, -0.25) is 9.59 Å². The second-order valence-electron chi connectivity index (χ2n) is 6.07. The Bertz CT molecular complexity index is 654. The molecule has 0 spiro atoms. The third kappa shape index (κ3) is 3.01. The first-order chi connectivity index (χ1) is 11.5. The lowest BCUT2D eigenvalue weighted by atomic mass is 9.82. The zero-order chi connectivity index (χ0) is 17.3. The Morgan fingerprint density at radius 1 is 1.21 bits per heavy atom. The Labute approximate surface area is 140 Å². The summed E-state index contributed by atoms with van der Waals surface area (Å²) in [6, 6.07) is 7.25. The van der Waals surface area contributed by atoms with Crippen LogP contribution < -0.4 is 10.1 Å². The molecule has 0 aliphatic carbocycles. The highest BCUT2D eigenvalue weighted by atomic mass is 16.5. The number of carbonyl (C=O) groups is 2. The number of ether oxygens (including phenoxy) is 2. The maximum absolute atomic E-state index is 12.6. The molecule has 2 N–H and O–H groups in total. The summed E-state index contributed by atoms with van der Waals surface area (Å²) in [6.07, 6.45) is 2.53. The number of carbonyl (C=O) groups excluding carboxylic acids is 1. The average Bonchev–Trinajstić information content (AvgIpc) is 3.16. The minimum Gasteiger partial charge on any atom is -0.494 e. The van der Waals surface area contributed by atoms with E-state index in [9.17, 15) is 14.7 Å². The van der Waals surface area contributed by atoms with Gasteiger partial charge in [-0.1, -0.05) is 24.3 Å². The molecule has 6 nitrogen and oxygen atoms in total. The molecule has 6 heteroatoms. The van der Waals surface area contributed by atoms with Crippen LogP contribution in [-0.4, -0.2) is 35.8 Å². The van der Waals surface area contributed by atoms with Gasteiger partial charge in [0.2, 0.25) is 5.91 Å². The summed E-state index contributed by atoms with van der Waals surface area (Å²) < 4.78 is 10.9. The maximum atomic E-state index is 12.6. The molecule has 2 bridgehead atoms. The molecule has 128 valence electrons. The van der Waals surface area contributed by atoms with Crippen LogP contribution in [0.5, 0.6) is 5.75 Å². The standard InChI is InChI=1S/C18H21NO5/c1-3-23-12-6-4-11(5-7-12)10(2)19-17(20)15-13-8-9-14(24-13)16(15)18(21)22/h4-10,13-16H,3H2,1-2H3,(H,19,20)(H,21,22). The summed E-state index contributed by atoms with van der Waals surface area (Å²) in [6.45, 7) is 4.38. The summed E-state index contributed by atoms with van der Waals surface area (Å²) in [5, 5.41) is 12.3. The van der Waals surface area contributed by atoms with Crippen LogP contribution in [0.2, 0.25) is 0 Å². The van der Waals surface area contributed by atoms with E-state index in [1.54, 1.807) is 12.2 Å². The first-order valence-corrected chi connectivity index (χ1v) is 8.11. The monoisotopic (exact) mass is 331 g/mol. The summed E-state index contributed by atoms with van der Waals surface area (Å²) >= 11 is 0. The van der Waals surface area contributed by atoms with Crippen molar-refractivity contribution in [3.63, 3.8) is 0 Å². The van der Waals surface area contributed by atoms with Crippen molar-refractivity contribution in [1.29, 1.82) is 0 Å². The van der Waals surface area contributed by atoms with E-state index in [4.69, 9.17) is 9.47 Å². The first-order valence-electron chi connectivity index (χ1n) is 8.11. The van der Waals surface area contributed by atoms with Gasteiger partial charge < -0.3 is 19.9 Å². The van der Waals surface area contributed by atoms with Crippen LogP contribution in [0, 0.1) is 11.8 Å². The number of hydrogen-bond acceptors (Lipinski definition) is 4. The number of benzene rings is 1. The molecule has 0 saturated carbocycles. The first kappa shape index (κ1) is 16.5. The minimum absolute atomic E-state index is 0.231. The van der Waals surface area contributed by atoms with Crippen molar-refractivity contribution in [2.45, 2.75) is 32.1 Å². The van der Waals surface area contributed by atoms with Crippen LogP contribution in [0.4, 0.5) is 0 Å². The fraction of sp³-hybridized carbons (Fsp3) is 0.444. The highest BCUT2D eigenvalue weighted by molar-refractivity contribution is 5.87. The predicted molar refractivity (Wildman–Crippen MR) is 86.6 cm³/mol. The SMILES string of the molecule is CCOc1ccc(C(C)NC(=O)C2C3C=CC(O3)C2C(=O)O)cc1. The van der Waals surface area contributed by atoms with Crippen LogP contribution >= 0.6 is 0 Å². The molecular formula is C18H21NO5. The number of carboxylic acid groups (broad SMARTS) is 1. The molecule has 2 heterocycles. The van der Waals surface area contributed by atoms with E-state index in [1.807, 2.05) is 38.1 Å². The van der Waals surface area contributed by atoms with Crippen LogP contribution in [0.3, 0.4) is 0 Å². The smallest absolute Gasteiger partial charge is 0.310 e. The highest BCUT2D eigenvalue weighted by Gasteiger charge is 2.53. The zero-order valence-electron chi connectivity index (χ0n) is 13.6. The van der Waals surface area contributed by atoms with Crippen LogP contribution in [-0.2, 0) is 14.3 Å². The van der Waals surface area contributed by atoms with E-state index in [0.717, 1.165) is 11.3 Å². The zero-order valence-corrected chi connectivity index (χ0v) is 13.6. The van der Waals surface area contributed by atoms with Gasteiger partial charge in [0, 0.05) is 0 Å². The fourth-order valence-electron chi connectivity index (χ4n) is 3.33. The Balaban J connectivity index is 1.67. The topological polar surface area (TPSA) is 84.9 Å². The number of carboxylic acids is 1. The van der Waals surface area contributed by atoms with Gasteiger partial charge in [-0.25, -0.2) is 0 Å². The van der Waals surface area contributed by atoms with Gasteiger partial charge in [-0.15, -0.1) is 0 Å². The fourth-order valence-corrected chi connectivity index (χ4v) is 3.33. The molecule has 1 amide bonds. The second-order valence-corrected chi connectivity index (χ2v) is 6.07. The van der Waals surface area contributed by atoms with Gasteiger partial charge in [-0.05, 0) is 31.5 Å². The van der Waals surface area contributed by atoms with Gasteiger partial charge >= 0.3 is 5.97 Å². The Morgan fingerprint density at radius 3 is 2.42 bits per heavy atom. The third-order valence-corrected chi connectivity index (χ3v) is 4.54.